The number of aryl methyl sites for hydroxylation is 2. The summed E-state index contributed by atoms with van der Waals surface area (Å²) in [6.07, 6.45) is 3.17. The van der Waals surface area contributed by atoms with Gasteiger partial charge in [0, 0.05) is 28.1 Å². The van der Waals surface area contributed by atoms with Crippen molar-refractivity contribution in [2.24, 2.45) is 0 Å². The Balaban J connectivity index is 1.79. The first-order valence-electron chi connectivity index (χ1n) is 9.19. The van der Waals surface area contributed by atoms with Crippen LogP contribution < -0.4 is 10.9 Å². The van der Waals surface area contributed by atoms with Crippen molar-refractivity contribution in [3.8, 4) is 0 Å². The van der Waals surface area contributed by atoms with Crippen molar-refractivity contribution in [3.05, 3.63) is 67.6 Å². The number of aromatic nitrogens is 2. The van der Waals surface area contributed by atoms with Crippen LogP contribution in [-0.4, -0.2) is 15.5 Å². The molecule has 1 aromatic heterocycles. The van der Waals surface area contributed by atoms with Gasteiger partial charge in [0.1, 0.15) is 0 Å². The number of carbonyl (C=O) groups excluding carboxylic acids is 1. The minimum absolute atomic E-state index is 0.159. The van der Waals surface area contributed by atoms with Gasteiger partial charge in [-0.3, -0.25) is 14.2 Å². The standard InChI is InChI=1S/C21H21BrClN3O2/c1-3-13-5-7-17(23)15(4-2)20(13)25-19(27)9-10-26-12-24-18-8-6-14(22)11-16(18)21(26)28/h5-8,11-12H,3-4,9-10H2,1-2H3,(H,25,27). The van der Waals surface area contributed by atoms with Crippen LogP contribution in [0.5, 0.6) is 0 Å². The first-order chi connectivity index (χ1) is 13.4. The molecule has 28 heavy (non-hydrogen) atoms. The quantitative estimate of drug-likeness (QED) is 0.563. The number of anilines is 1. The molecule has 1 N–H and O–H groups in total. The molecule has 0 spiro atoms. The molecule has 0 atom stereocenters. The van der Waals surface area contributed by atoms with Gasteiger partial charge in [-0.05, 0) is 48.2 Å². The molecule has 0 saturated heterocycles. The number of carbonyl (C=O) groups is 1. The van der Waals surface area contributed by atoms with Crippen molar-refractivity contribution in [2.75, 3.05) is 5.32 Å². The summed E-state index contributed by atoms with van der Waals surface area (Å²) in [4.78, 5) is 29.5. The molecule has 0 saturated carbocycles. The average molecular weight is 463 g/mol. The molecule has 0 radical (unpaired) electrons. The summed E-state index contributed by atoms with van der Waals surface area (Å²) < 4.78 is 2.28. The number of benzene rings is 2. The molecule has 0 aliphatic rings. The third-order valence-corrected chi connectivity index (χ3v) is 5.55. The van der Waals surface area contributed by atoms with E-state index in [-0.39, 0.29) is 24.4 Å². The summed E-state index contributed by atoms with van der Waals surface area (Å²) in [5.74, 6) is -0.159. The second-order valence-corrected chi connectivity index (χ2v) is 7.79. The fourth-order valence-corrected chi connectivity index (χ4v) is 3.83. The molecule has 3 aromatic rings. The molecule has 3 rings (SSSR count). The maximum absolute atomic E-state index is 12.7. The predicted molar refractivity (Wildman–Crippen MR) is 117 cm³/mol. The third-order valence-electron chi connectivity index (χ3n) is 4.71. The highest BCUT2D eigenvalue weighted by Crippen LogP contribution is 2.29. The molecule has 7 heteroatoms. The Bertz CT molecular complexity index is 1090. The lowest BCUT2D eigenvalue weighted by atomic mass is 10.0. The highest BCUT2D eigenvalue weighted by molar-refractivity contribution is 9.10. The number of rotatable bonds is 6. The first kappa shape index (κ1) is 20.6. The molecule has 0 unspecified atom stereocenters. The Hall–Kier alpha value is -2.18. The molecule has 2 aromatic carbocycles. The summed E-state index contributed by atoms with van der Waals surface area (Å²) in [5.41, 5.74) is 3.24. The molecular weight excluding hydrogens is 442 g/mol. The lowest BCUT2D eigenvalue weighted by Gasteiger charge is -2.16. The molecule has 146 valence electrons. The molecular formula is C21H21BrClN3O2. The number of fused-ring (bicyclic) bond motifs is 1. The van der Waals surface area contributed by atoms with E-state index in [9.17, 15) is 9.59 Å². The van der Waals surface area contributed by atoms with Crippen molar-refractivity contribution < 1.29 is 4.79 Å². The van der Waals surface area contributed by atoms with E-state index in [4.69, 9.17) is 11.6 Å². The lowest BCUT2D eigenvalue weighted by Crippen LogP contribution is -2.24. The minimum Gasteiger partial charge on any atom is -0.325 e. The van der Waals surface area contributed by atoms with Crippen LogP contribution in [0.3, 0.4) is 0 Å². The zero-order valence-corrected chi connectivity index (χ0v) is 18.1. The van der Waals surface area contributed by atoms with E-state index in [0.29, 0.717) is 15.9 Å². The third kappa shape index (κ3) is 4.28. The van der Waals surface area contributed by atoms with E-state index < -0.39 is 0 Å². The molecule has 0 bridgehead atoms. The van der Waals surface area contributed by atoms with Gasteiger partial charge in [-0.15, -0.1) is 0 Å². The van der Waals surface area contributed by atoms with E-state index in [2.05, 4.69) is 26.2 Å². The number of nitrogens with zero attached hydrogens (tertiary/aromatic N) is 2. The molecule has 0 aliphatic carbocycles. The number of halogens is 2. The van der Waals surface area contributed by atoms with Crippen LogP contribution in [0.2, 0.25) is 5.02 Å². The number of nitrogens with one attached hydrogen (secondary N) is 1. The van der Waals surface area contributed by atoms with Crippen LogP contribution in [-0.2, 0) is 24.2 Å². The van der Waals surface area contributed by atoms with E-state index in [0.717, 1.165) is 34.1 Å². The minimum atomic E-state index is -0.162. The van der Waals surface area contributed by atoms with Gasteiger partial charge in [0.2, 0.25) is 5.91 Å². The Morgan fingerprint density at radius 3 is 2.71 bits per heavy atom. The highest BCUT2D eigenvalue weighted by Gasteiger charge is 2.14. The Morgan fingerprint density at radius 1 is 1.21 bits per heavy atom. The molecule has 5 nitrogen and oxygen atoms in total. The van der Waals surface area contributed by atoms with Gasteiger partial charge in [0.15, 0.2) is 0 Å². The van der Waals surface area contributed by atoms with Crippen LogP contribution in [0.4, 0.5) is 5.69 Å². The molecule has 0 aliphatic heterocycles. The van der Waals surface area contributed by atoms with Crippen molar-refractivity contribution in [3.63, 3.8) is 0 Å². The topological polar surface area (TPSA) is 64.0 Å². The second-order valence-electron chi connectivity index (χ2n) is 6.47. The lowest BCUT2D eigenvalue weighted by molar-refractivity contribution is -0.116. The monoisotopic (exact) mass is 461 g/mol. The summed E-state index contributed by atoms with van der Waals surface area (Å²) in [6.45, 7) is 4.30. The van der Waals surface area contributed by atoms with Gasteiger partial charge in [0.25, 0.3) is 5.56 Å². The van der Waals surface area contributed by atoms with Gasteiger partial charge in [-0.1, -0.05) is 47.4 Å². The molecule has 0 fully saturated rings. The number of amides is 1. The number of hydrogen-bond acceptors (Lipinski definition) is 3. The second kappa shape index (κ2) is 8.88. The SMILES string of the molecule is CCc1ccc(Cl)c(CC)c1NC(=O)CCn1cnc2ccc(Br)cc2c1=O. The Labute approximate surface area is 176 Å². The Kier molecular flexibility index (Phi) is 6.52. The smallest absolute Gasteiger partial charge is 0.261 e. The fraction of sp³-hybridized carbons (Fsp3) is 0.286. The normalized spacial score (nSPS) is 11.0. The highest BCUT2D eigenvalue weighted by atomic mass is 79.9. The first-order valence-corrected chi connectivity index (χ1v) is 10.4. The van der Waals surface area contributed by atoms with Crippen LogP contribution in [0.25, 0.3) is 10.9 Å². The van der Waals surface area contributed by atoms with Crippen molar-refractivity contribution >= 4 is 50.0 Å². The maximum Gasteiger partial charge on any atom is 0.261 e. The van der Waals surface area contributed by atoms with Gasteiger partial charge in [0.05, 0.1) is 17.2 Å². The molecule has 1 heterocycles. The van der Waals surface area contributed by atoms with Gasteiger partial charge < -0.3 is 5.32 Å². The van der Waals surface area contributed by atoms with E-state index in [1.165, 1.54) is 10.9 Å². The van der Waals surface area contributed by atoms with E-state index >= 15 is 0 Å². The van der Waals surface area contributed by atoms with Crippen LogP contribution in [0.1, 0.15) is 31.4 Å². The van der Waals surface area contributed by atoms with Crippen molar-refractivity contribution in [2.45, 2.75) is 39.7 Å². The zero-order chi connectivity index (χ0) is 20.3. The van der Waals surface area contributed by atoms with Gasteiger partial charge in [-0.2, -0.15) is 0 Å². The summed E-state index contributed by atoms with van der Waals surface area (Å²) in [6, 6.07) is 9.18. The maximum atomic E-state index is 12.7. The van der Waals surface area contributed by atoms with E-state index in [1.54, 1.807) is 12.1 Å². The Morgan fingerprint density at radius 2 is 2.00 bits per heavy atom. The average Bonchev–Trinajstić information content (AvgIpc) is 2.68. The zero-order valence-electron chi connectivity index (χ0n) is 15.8. The van der Waals surface area contributed by atoms with Crippen molar-refractivity contribution in [1.29, 1.82) is 0 Å². The van der Waals surface area contributed by atoms with Crippen molar-refractivity contribution in [1.82, 2.24) is 9.55 Å². The van der Waals surface area contributed by atoms with Crippen LogP contribution >= 0.6 is 27.5 Å². The van der Waals surface area contributed by atoms with Crippen LogP contribution in [0, 0.1) is 0 Å². The van der Waals surface area contributed by atoms with Gasteiger partial charge in [-0.25, -0.2) is 4.98 Å². The largest absolute Gasteiger partial charge is 0.325 e. The summed E-state index contributed by atoms with van der Waals surface area (Å²) in [5, 5.41) is 4.16. The van der Waals surface area contributed by atoms with E-state index in [1.807, 2.05) is 32.0 Å². The molecule has 1 amide bonds. The summed E-state index contributed by atoms with van der Waals surface area (Å²) in [7, 11) is 0. The summed E-state index contributed by atoms with van der Waals surface area (Å²) >= 11 is 9.67. The fourth-order valence-electron chi connectivity index (χ4n) is 3.18. The van der Waals surface area contributed by atoms with Gasteiger partial charge >= 0.3 is 0 Å². The number of hydrogen-bond donors (Lipinski definition) is 1. The predicted octanol–water partition coefficient (Wildman–Crippen LogP) is 4.97. The van der Waals surface area contributed by atoms with Crippen LogP contribution in [0.15, 0.2) is 45.9 Å².